The highest BCUT2D eigenvalue weighted by molar-refractivity contribution is 5.99. The van der Waals surface area contributed by atoms with Gasteiger partial charge in [0.2, 0.25) is 11.8 Å². The van der Waals surface area contributed by atoms with Crippen molar-refractivity contribution in [2.75, 3.05) is 19.8 Å². The van der Waals surface area contributed by atoms with Crippen LogP contribution in [-0.4, -0.2) is 81.3 Å². The molecule has 3 rings (SSSR count). The normalized spacial score (nSPS) is 31.9. The highest BCUT2D eigenvalue weighted by Crippen LogP contribution is 2.64. The molecule has 6 atom stereocenters. The maximum atomic E-state index is 14.4. The van der Waals surface area contributed by atoms with E-state index in [-0.39, 0.29) is 30.9 Å². The van der Waals surface area contributed by atoms with Crippen LogP contribution in [0.1, 0.15) is 67.2 Å². The standard InChI is InChI=1S/C28H44N2O6/c1-9-11-15-35-25(34)21-20-23(32)30(19(17-31)16-18(3)4)22(28(20)13-12-27(21,8)36-28)24(33)29(14-10-2)26(5,6)7/h9-10,18-22,31H,1-2,11-17H2,3-8H3/t19-,20+,21+,22?,27-,28?/m1/s1. The van der Waals surface area contributed by atoms with E-state index in [9.17, 15) is 19.5 Å². The van der Waals surface area contributed by atoms with Gasteiger partial charge in [-0.3, -0.25) is 14.4 Å². The lowest BCUT2D eigenvalue weighted by molar-refractivity contribution is -0.163. The van der Waals surface area contributed by atoms with Gasteiger partial charge in [0.25, 0.3) is 0 Å². The first-order valence-electron chi connectivity index (χ1n) is 13.1. The SMILES string of the molecule is C=CCCOC(=O)[C@@H]1[C@H]2C(=O)N([C@@H](CO)CC(C)C)C(C(=O)N(CC=C)C(C)(C)C)C23CC[C@@]1(C)O3. The van der Waals surface area contributed by atoms with Crippen LogP contribution in [0, 0.1) is 17.8 Å². The molecule has 0 aromatic rings. The molecule has 8 heteroatoms. The van der Waals surface area contributed by atoms with Crippen LogP contribution in [0.2, 0.25) is 0 Å². The molecule has 0 aromatic carbocycles. The molecule has 2 unspecified atom stereocenters. The molecule has 3 aliphatic rings. The summed E-state index contributed by atoms with van der Waals surface area (Å²) in [5, 5.41) is 10.4. The number of carbonyl (C=O) groups is 3. The van der Waals surface area contributed by atoms with Gasteiger partial charge < -0.3 is 24.4 Å². The van der Waals surface area contributed by atoms with Crippen molar-refractivity contribution in [3.8, 4) is 0 Å². The Bertz CT molecular complexity index is 895. The summed E-state index contributed by atoms with van der Waals surface area (Å²) in [5.74, 6) is -2.50. The third-order valence-electron chi connectivity index (χ3n) is 8.00. The van der Waals surface area contributed by atoms with Crippen LogP contribution in [0.5, 0.6) is 0 Å². The number of amides is 2. The smallest absolute Gasteiger partial charge is 0.312 e. The predicted octanol–water partition coefficient (Wildman–Crippen LogP) is 3.09. The lowest BCUT2D eigenvalue weighted by atomic mass is 9.66. The van der Waals surface area contributed by atoms with Crippen LogP contribution in [0.4, 0.5) is 0 Å². The fourth-order valence-corrected chi connectivity index (χ4v) is 6.52. The van der Waals surface area contributed by atoms with Crippen molar-refractivity contribution in [2.24, 2.45) is 17.8 Å². The van der Waals surface area contributed by atoms with Gasteiger partial charge in [-0.1, -0.05) is 26.0 Å². The molecule has 3 heterocycles. The summed E-state index contributed by atoms with van der Waals surface area (Å²) in [7, 11) is 0. The number of ether oxygens (including phenoxy) is 2. The number of fused-ring (bicyclic) bond motifs is 1. The van der Waals surface area contributed by atoms with Crippen LogP contribution < -0.4 is 0 Å². The van der Waals surface area contributed by atoms with E-state index in [4.69, 9.17) is 9.47 Å². The molecule has 3 saturated heterocycles. The molecule has 8 nitrogen and oxygen atoms in total. The second-order valence-corrected chi connectivity index (χ2v) is 12.1. The van der Waals surface area contributed by atoms with Crippen molar-refractivity contribution in [3.63, 3.8) is 0 Å². The molecule has 36 heavy (non-hydrogen) atoms. The number of nitrogens with zero attached hydrogens (tertiary/aromatic N) is 2. The predicted molar refractivity (Wildman–Crippen MR) is 137 cm³/mol. The quantitative estimate of drug-likeness (QED) is 0.264. The van der Waals surface area contributed by atoms with Gasteiger partial charge in [-0.2, -0.15) is 0 Å². The number of rotatable bonds is 11. The number of aliphatic hydroxyl groups is 1. The van der Waals surface area contributed by atoms with Crippen molar-refractivity contribution in [1.29, 1.82) is 0 Å². The van der Waals surface area contributed by atoms with E-state index in [1.165, 1.54) is 0 Å². The molecular formula is C28H44N2O6. The second kappa shape index (κ2) is 10.3. The fourth-order valence-electron chi connectivity index (χ4n) is 6.52. The fraction of sp³-hybridized carbons (Fsp3) is 0.750. The van der Waals surface area contributed by atoms with E-state index in [1.807, 2.05) is 41.5 Å². The molecular weight excluding hydrogens is 460 g/mol. The topological polar surface area (TPSA) is 96.4 Å². The minimum absolute atomic E-state index is 0.179. The van der Waals surface area contributed by atoms with Gasteiger partial charge in [-0.15, -0.1) is 13.2 Å². The lowest BCUT2D eigenvalue weighted by Gasteiger charge is -2.43. The van der Waals surface area contributed by atoms with Crippen LogP contribution in [0.25, 0.3) is 0 Å². The number of aliphatic hydroxyl groups excluding tert-OH is 1. The summed E-state index contributed by atoms with van der Waals surface area (Å²) >= 11 is 0. The third kappa shape index (κ3) is 4.62. The highest BCUT2D eigenvalue weighted by Gasteiger charge is 2.79. The summed E-state index contributed by atoms with van der Waals surface area (Å²) in [5.41, 5.74) is -2.58. The van der Waals surface area contributed by atoms with Gasteiger partial charge in [0.05, 0.1) is 30.8 Å². The summed E-state index contributed by atoms with van der Waals surface area (Å²) in [6.45, 7) is 19.4. The Labute approximate surface area is 215 Å². The summed E-state index contributed by atoms with van der Waals surface area (Å²) in [4.78, 5) is 45.1. The monoisotopic (exact) mass is 504 g/mol. The molecule has 0 saturated carbocycles. The number of carbonyl (C=O) groups excluding carboxylic acids is 3. The van der Waals surface area contributed by atoms with Crippen molar-refractivity contribution >= 4 is 17.8 Å². The van der Waals surface area contributed by atoms with Gasteiger partial charge in [0, 0.05) is 12.1 Å². The van der Waals surface area contributed by atoms with Gasteiger partial charge in [0.15, 0.2) is 0 Å². The Balaban J connectivity index is 2.13. The van der Waals surface area contributed by atoms with Crippen LogP contribution >= 0.6 is 0 Å². The van der Waals surface area contributed by atoms with Crippen molar-refractivity contribution in [2.45, 2.75) is 96.1 Å². The maximum Gasteiger partial charge on any atom is 0.312 e. The van der Waals surface area contributed by atoms with Crippen LogP contribution in [0.3, 0.4) is 0 Å². The number of hydrogen-bond acceptors (Lipinski definition) is 6. The largest absolute Gasteiger partial charge is 0.465 e. The highest BCUT2D eigenvalue weighted by atomic mass is 16.6. The average molecular weight is 505 g/mol. The van der Waals surface area contributed by atoms with Crippen molar-refractivity contribution in [3.05, 3.63) is 25.3 Å². The zero-order valence-electron chi connectivity index (χ0n) is 22.8. The van der Waals surface area contributed by atoms with Crippen molar-refractivity contribution < 1.29 is 29.0 Å². The van der Waals surface area contributed by atoms with Gasteiger partial charge in [-0.25, -0.2) is 0 Å². The first-order chi connectivity index (χ1) is 16.8. The number of esters is 1. The van der Waals surface area contributed by atoms with E-state index >= 15 is 0 Å². The van der Waals surface area contributed by atoms with Gasteiger partial charge in [0.1, 0.15) is 17.6 Å². The molecule has 1 spiro atoms. The Morgan fingerprint density at radius 1 is 1.28 bits per heavy atom. The summed E-state index contributed by atoms with van der Waals surface area (Å²) in [6, 6.07) is -1.51. The summed E-state index contributed by atoms with van der Waals surface area (Å²) < 4.78 is 12.2. The second-order valence-electron chi connectivity index (χ2n) is 12.1. The summed E-state index contributed by atoms with van der Waals surface area (Å²) in [6.07, 6.45) is 5.40. The lowest BCUT2D eigenvalue weighted by Crippen LogP contribution is -2.61. The van der Waals surface area contributed by atoms with E-state index in [1.54, 1.807) is 22.0 Å². The minimum Gasteiger partial charge on any atom is -0.465 e. The molecule has 0 aromatic heterocycles. The number of likely N-dealkylation sites (tertiary alicyclic amines) is 1. The molecule has 3 aliphatic heterocycles. The Kier molecular flexibility index (Phi) is 8.11. The zero-order chi connectivity index (χ0) is 27.1. The molecule has 0 radical (unpaired) electrons. The first-order valence-corrected chi connectivity index (χ1v) is 13.1. The van der Waals surface area contributed by atoms with Crippen LogP contribution in [-0.2, 0) is 23.9 Å². The molecule has 0 aliphatic carbocycles. The van der Waals surface area contributed by atoms with Gasteiger partial charge in [-0.05, 0) is 59.3 Å². The van der Waals surface area contributed by atoms with E-state index in [2.05, 4.69) is 13.2 Å². The maximum absolute atomic E-state index is 14.4. The molecule has 2 amide bonds. The Hall–Kier alpha value is -2.19. The van der Waals surface area contributed by atoms with Gasteiger partial charge >= 0.3 is 5.97 Å². The Morgan fingerprint density at radius 2 is 1.94 bits per heavy atom. The van der Waals surface area contributed by atoms with E-state index in [0.717, 1.165) is 0 Å². The van der Waals surface area contributed by atoms with Crippen molar-refractivity contribution in [1.82, 2.24) is 9.80 Å². The third-order valence-corrected chi connectivity index (χ3v) is 8.00. The molecule has 3 fully saturated rings. The average Bonchev–Trinajstić information content (AvgIpc) is 3.35. The Morgan fingerprint density at radius 3 is 2.47 bits per heavy atom. The van der Waals surface area contributed by atoms with Crippen LogP contribution in [0.15, 0.2) is 25.3 Å². The van der Waals surface area contributed by atoms with E-state index in [0.29, 0.717) is 32.2 Å². The molecule has 202 valence electrons. The van der Waals surface area contributed by atoms with E-state index < -0.39 is 46.6 Å². The minimum atomic E-state index is -1.15. The molecule has 2 bridgehead atoms. The zero-order valence-corrected chi connectivity index (χ0v) is 22.8. The molecule has 1 N–H and O–H groups in total. The number of hydrogen-bond donors (Lipinski definition) is 1. The first kappa shape index (κ1) is 28.4.